The maximum absolute atomic E-state index is 14.1. The molecule has 0 aliphatic rings. The SMILES string of the molecule is CCNCc1cccc(F)c1N(C)Cc1ccncc1. The Balaban J connectivity index is 2.21. The van der Waals surface area contributed by atoms with E-state index in [4.69, 9.17) is 0 Å². The summed E-state index contributed by atoms with van der Waals surface area (Å²) in [6.45, 7) is 4.23. The van der Waals surface area contributed by atoms with Crippen molar-refractivity contribution in [3.8, 4) is 0 Å². The topological polar surface area (TPSA) is 28.2 Å². The highest BCUT2D eigenvalue weighted by atomic mass is 19.1. The van der Waals surface area contributed by atoms with Crippen LogP contribution in [0.4, 0.5) is 10.1 Å². The van der Waals surface area contributed by atoms with Crippen LogP contribution in [0, 0.1) is 5.82 Å². The summed E-state index contributed by atoms with van der Waals surface area (Å²) in [5.74, 6) is -0.183. The first-order valence-corrected chi connectivity index (χ1v) is 6.80. The molecule has 1 aromatic carbocycles. The summed E-state index contributed by atoms with van der Waals surface area (Å²) in [5.41, 5.74) is 2.74. The Labute approximate surface area is 119 Å². The molecule has 0 unspecified atom stereocenters. The second kappa shape index (κ2) is 7.01. The molecule has 1 heterocycles. The lowest BCUT2D eigenvalue weighted by Crippen LogP contribution is -2.22. The van der Waals surface area contributed by atoms with Gasteiger partial charge < -0.3 is 10.2 Å². The Kier molecular flexibility index (Phi) is 5.07. The van der Waals surface area contributed by atoms with Crippen LogP contribution in [0.15, 0.2) is 42.7 Å². The average Bonchev–Trinajstić information content (AvgIpc) is 2.46. The quantitative estimate of drug-likeness (QED) is 0.877. The van der Waals surface area contributed by atoms with Crippen LogP contribution in [0.5, 0.6) is 0 Å². The normalized spacial score (nSPS) is 10.6. The van der Waals surface area contributed by atoms with Crippen molar-refractivity contribution in [1.29, 1.82) is 0 Å². The maximum Gasteiger partial charge on any atom is 0.146 e. The van der Waals surface area contributed by atoms with Crippen molar-refractivity contribution in [3.05, 3.63) is 59.7 Å². The molecule has 0 aliphatic carbocycles. The van der Waals surface area contributed by atoms with Crippen LogP contribution < -0.4 is 10.2 Å². The van der Waals surface area contributed by atoms with Crippen molar-refractivity contribution in [3.63, 3.8) is 0 Å². The molecule has 1 N–H and O–H groups in total. The summed E-state index contributed by atoms with van der Waals surface area (Å²) >= 11 is 0. The number of aromatic nitrogens is 1. The van der Waals surface area contributed by atoms with E-state index in [2.05, 4.69) is 10.3 Å². The number of hydrogen-bond donors (Lipinski definition) is 1. The Morgan fingerprint density at radius 3 is 2.65 bits per heavy atom. The fraction of sp³-hybridized carbons (Fsp3) is 0.312. The highest BCUT2D eigenvalue weighted by Gasteiger charge is 2.13. The summed E-state index contributed by atoms with van der Waals surface area (Å²) in [4.78, 5) is 5.94. The van der Waals surface area contributed by atoms with Gasteiger partial charge in [0.1, 0.15) is 5.82 Å². The maximum atomic E-state index is 14.1. The monoisotopic (exact) mass is 273 g/mol. The number of rotatable bonds is 6. The first-order chi connectivity index (χ1) is 9.72. The fourth-order valence-corrected chi connectivity index (χ4v) is 2.23. The highest BCUT2D eigenvalue weighted by molar-refractivity contribution is 5.54. The molecule has 0 aliphatic heterocycles. The van der Waals surface area contributed by atoms with Crippen LogP contribution in [0.3, 0.4) is 0 Å². The Morgan fingerprint density at radius 1 is 1.20 bits per heavy atom. The molecule has 0 bridgehead atoms. The average molecular weight is 273 g/mol. The summed E-state index contributed by atoms with van der Waals surface area (Å²) in [6.07, 6.45) is 3.51. The van der Waals surface area contributed by atoms with E-state index in [-0.39, 0.29) is 5.82 Å². The zero-order chi connectivity index (χ0) is 14.4. The first-order valence-electron chi connectivity index (χ1n) is 6.80. The number of halogens is 1. The molecule has 0 saturated carbocycles. The minimum atomic E-state index is -0.183. The molecule has 106 valence electrons. The third-order valence-electron chi connectivity index (χ3n) is 3.19. The van der Waals surface area contributed by atoms with Crippen LogP contribution in [-0.4, -0.2) is 18.6 Å². The molecule has 1 aromatic heterocycles. The molecule has 0 radical (unpaired) electrons. The zero-order valence-electron chi connectivity index (χ0n) is 11.9. The van der Waals surface area contributed by atoms with Gasteiger partial charge in [-0.15, -0.1) is 0 Å². The van der Waals surface area contributed by atoms with Gasteiger partial charge in [-0.3, -0.25) is 4.98 Å². The van der Waals surface area contributed by atoms with E-state index in [0.717, 1.165) is 17.7 Å². The molecule has 0 spiro atoms. The largest absolute Gasteiger partial charge is 0.368 e. The van der Waals surface area contributed by atoms with Gasteiger partial charge in [-0.05, 0) is 35.9 Å². The molecular formula is C16H20FN3. The van der Waals surface area contributed by atoms with Crippen LogP contribution in [-0.2, 0) is 13.1 Å². The van der Waals surface area contributed by atoms with Crippen LogP contribution >= 0.6 is 0 Å². The fourth-order valence-electron chi connectivity index (χ4n) is 2.23. The number of benzene rings is 1. The van der Waals surface area contributed by atoms with E-state index < -0.39 is 0 Å². The van der Waals surface area contributed by atoms with Crippen molar-refractivity contribution in [2.45, 2.75) is 20.0 Å². The van der Waals surface area contributed by atoms with Gasteiger partial charge in [-0.2, -0.15) is 0 Å². The van der Waals surface area contributed by atoms with Crippen molar-refractivity contribution in [1.82, 2.24) is 10.3 Å². The third kappa shape index (κ3) is 3.54. The number of hydrogen-bond acceptors (Lipinski definition) is 3. The second-order valence-electron chi connectivity index (χ2n) is 4.74. The summed E-state index contributed by atoms with van der Waals surface area (Å²) in [6, 6.07) is 9.12. The van der Waals surface area contributed by atoms with Crippen molar-refractivity contribution in [2.75, 3.05) is 18.5 Å². The van der Waals surface area contributed by atoms with Crippen LogP contribution in [0.25, 0.3) is 0 Å². The minimum absolute atomic E-state index is 0.183. The lowest BCUT2D eigenvalue weighted by molar-refractivity contribution is 0.615. The Bertz CT molecular complexity index is 543. The van der Waals surface area contributed by atoms with Crippen LogP contribution in [0.1, 0.15) is 18.1 Å². The highest BCUT2D eigenvalue weighted by Crippen LogP contribution is 2.24. The van der Waals surface area contributed by atoms with Crippen molar-refractivity contribution >= 4 is 5.69 Å². The van der Waals surface area contributed by atoms with E-state index in [1.165, 1.54) is 6.07 Å². The molecule has 2 aromatic rings. The minimum Gasteiger partial charge on any atom is -0.368 e. The van der Waals surface area contributed by atoms with Crippen molar-refractivity contribution in [2.24, 2.45) is 0 Å². The predicted octanol–water partition coefficient (Wildman–Crippen LogP) is 2.97. The first kappa shape index (κ1) is 14.5. The number of anilines is 1. The predicted molar refractivity (Wildman–Crippen MR) is 80.1 cm³/mol. The van der Waals surface area contributed by atoms with E-state index in [1.807, 2.05) is 37.1 Å². The van der Waals surface area contributed by atoms with Gasteiger partial charge in [0, 0.05) is 32.5 Å². The van der Waals surface area contributed by atoms with Gasteiger partial charge in [-0.1, -0.05) is 19.1 Å². The Morgan fingerprint density at radius 2 is 1.95 bits per heavy atom. The van der Waals surface area contributed by atoms with Gasteiger partial charge in [0.2, 0.25) is 0 Å². The standard InChI is InChI=1S/C16H20FN3/c1-3-18-11-14-5-4-6-15(17)16(14)20(2)12-13-7-9-19-10-8-13/h4-10,18H,3,11-12H2,1-2H3. The number of para-hydroxylation sites is 1. The van der Waals surface area contributed by atoms with Crippen molar-refractivity contribution < 1.29 is 4.39 Å². The van der Waals surface area contributed by atoms with Gasteiger partial charge in [0.05, 0.1) is 5.69 Å². The molecule has 4 heteroatoms. The van der Waals surface area contributed by atoms with E-state index >= 15 is 0 Å². The lowest BCUT2D eigenvalue weighted by atomic mass is 10.1. The van der Waals surface area contributed by atoms with E-state index in [1.54, 1.807) is 18.5 Å². The molecule has 0 atom stereocenters. The van der Waals surface area contributed by atoms with Crippen LogP contribution in [0.2, 0.25) is 0 Å². The molecular weight excluding hydrogens is 253 g/mol. The molecule has 0 saturated heterocycles. The number of pyridine rings is 1. The Hall–Kier alpha value is -1.94. The van der Waals surface area contributed by atoms with Gasteiger partial charge >= 0.3 is 0 Å². The summed E-state index contributed by atoms with van der Waals surface area (Å²) in [5, 5.41) is 3.25. The zero-order valence-corrected chi connectivity index (χ0v) is 11.9. The second-order valence-corrected chi connectivity index (χ2v) is 4.74. The molecule has 0 fully saturated rings. The summed E-state index contributed by atoms with van der Waals surface area (Å²) < 4.78 is 14.1. The molecule has 0 amide bonds. The van der Waals surface area contributed by atoms with Gasteiger partial charge in [-0.25, -0.2) is 4.39 Å². The van der Waals surface area contributed by atoms with Gasteiger partial charge in [0.25, 0.3) is 0 Å². The molecule has 2 rings (SSSR count). The van der Waals surface area contributed by atoms with E-state index in [9.17, 15) is 4.39 Å². The number of nitrogens with one attached hydrogen (secondary N) is 1. The number of nitrogens with zero attached hydrogens (tertiary/aromatic N) is 2. The third-order valence-corrected chi connectivity index (χ3v) is 3.19. The molecule has 20 heavy (non-hydrogen) atoms. The molecule has 3 nitrogen and oxygen atoms in total. The van der Waals surface area contributed by atoms with Gasteiger partial charge in [0.15, 0.2) is 0 Å². The lowest BCUT2D eigenvalue weighted by Gasteiger charge is -2.23. The smallest absolute Gasteiger partial charge is 0.146 e. The van der Waals surface area contributed by atoms with E-state index in [0.29, 0.717) is 18.8 Å². The summed E-state index contributed by atoms with van der Waals surface area (Å²) in [7, 11) is 1.91.